The Hall–Kier alpha value is -2.38. The van der Waals surface area contributed by atoms with Gasteiger partial charge in [0.15, 0.2) is 0 Å². The zero-order valence-electron chi connectivity index (χ0n) is 11.3. The topological polar surface area (TPSA) is 53.0 Å². The molecule has 2 aromatic carbocycles. The zero-order valence-corrected chi connectivity index (χ0v) is 11.3. The van der Waals surface area contributed by atoms with Gasteiger partial charge in [0.05, 0.1) is 11.6 Å². The van der Waals surface area contributed by atoms with Crippen LogP contribution in [0.2, 0.25) is 0 Å². The van der Waals surface area contributed by atoms with Crippen LogP contribution in [0.3, 0.4) is 0 Å². The van der Waals surface area contributed by atoms with E-state index >= 15 is 0 Å². The molecule has 0 fully saturated rings. The number of hydrogen-bond acceptors (Lipinski definition) is 3. The Bertz CT molecular complexity index is 629. The fraction of sp³-hybridized carbons (Fsp3) is 0.188. The van der Waals surface area contributed by atoms with E-state index in [4.69, 9.17) is 11.0 Å². The van der Waals surface area contributed by atoms with Crippen molar-refractivity contribution in [1.29, 1.82) is 5.26 Å². The molecular formula is C16H16FN3. The zero-order chi connectivity index (χ0) is 14.5. The number of benzene rings is 2. The van der Waals surface area contributed by atoms with Crippen molar-refractivity contribution >= 4 is 5.69 Å². The lowest BCUT2D eigenvalue weighted by molar-refractivity contribution is 0.318. The van der Waals surface area contributed by atoms with Crippen LogP contribution in [0.4, 0.5) is 10.1 Å². The first kappa shape index (κ1) is 14.0. The standard InChI is InChI=1S/C16H16FN3/c1-20(10-12-2-6-16(19)7-3-12)11-14-8-15(17)5-4-13(14)9-18/h2-8H,10-11,19H2,1H3. The molecule has 0 saturated heterocycles. The Balaban J connectivity index is 2.08. The first-order chi connectivity index (χ1) is 9.58. The molecule has 0 radical (unpaired) electrons. The van der Waals surface area contributed by atoms with E-state index in [1.165, 1.54) is 18.2 Å². The van der Waals surface area contributed by atoms with Crippen LogP contribution in [-0.2, 0) is 13.1 Å². The fourth-order valence-electron chi connectivity index (χ4n) is 2.08. The van der Waals surface area contributed by atoms with E-state index in [1.54, 1.807) is 0 Å². The van der Waals surface area contributed by atoms with Crippen molar-refractivity contribution in [2.24, 2.45) is 0 Å². The number of nitrogens with two attached hydrogens (primary N) is 1. The van der Waals surface area contributed by atoms with Crippen molar-refractivity contribution in [3.63, 3.8) is 0 Å². The maximum absolute atomic E-state index is 13.3. The molecule has 0 heterocycles. The van der Waals surface area contributed by atoms with Crippen LogP contribution in [0, 0.1) is 17.1 Å². The van der Waals surface area contributed by atoms with Gasteiger partial charge in [-0.25, -0.2) is 4.39 Å². The van der Waals surface area contributed by atoms with Crippen LogP contribution in [-0.4, -0.2) is 11.9 Å². The average molecular weight is 269 g/mol. The summed E-state index contributed by atoms with van der Waals surface area (Å²) in [5.74, 6) is -0.320. The molecule has 3 nitrogen and oxygen atoms in total. The van der Waals surface area contributed by atoms with Crippen molar-refractivity contribution in [1.82, 2.24) is 4.90 Å². The van der Waals surface area contributed by atoms with E-state index in [0.29, 0.717) is 24.2 Å². The quantitative estimate of drug-likeness (QED) is 0.868. The summed E-state index contributed by atoms with van der Waals surface area (Å²) in [6.45, 7) is 1.23. The van der Waals surface area contributed by atoms with Crippen LogP contribution in [0.25, 0.3) is 0 Å². The summed E-state index contributed by atoms with van der Waals surface area (Å²) < 4.78 is 13.3. The number of nitrogens with zero attached hydrogens (tertiary/aromatic N) is 2. The third kappa shape index (κ3) is 3.56. The number of halogens is 1. The van der Waals surface area contributed by atoms with Gasteiger partial charge in [-0.1, -0.05) is 12.1 Å². The molecule has 0 amide bonds. The summed E-state index contributed by atoms with van der Waals surface area (Å²) in [6, 6.07) is 14.0. The summed E-state index contributed by atoms with van der Waals surface area (Å²) in [4.78, 5) is 2.03. The van der Waals surface area contributed by atoms with Gasteiger partial charge in [-0.3, -0.25) is 4.90 Å². The number of nitriles is 1. The third-order valence-corrected chi connectivity index (χ3v) is 3.06. The minimum absolute atomic E-state index is 0.320. The molecule has 0 aliphatic heterocycles. The van der Waals surface area contributed by atoms with E-state index in [-0.39, 0.29) is 5.82 Å². The second kappa shape index (κ2) is 6.18. The van der Waals surface area contributed by atoms with Crippen LogP contribution >= 0.6 is 0 Å². The molecular weight excluding hydrogens is 253 g/mol. The minimum atomic E-state index is -0.320. The molecule has 0 unspecified atom stereocenters. The number of rotatable bonds is 4. The molecule has 0 aliphatic rings. The normalized spacial score (nSPS) is 10.5. The van der Waals surface area contributed by atoms with Gasteiger partial charge < -0.3 is 5.73 Å². The van der Waals surface area contributed by atoms with Crippen LogP contribution in [0.5, 0.6) is 0 Å². The highest BCUT2D eigenvalue weighted by Gasteiger charge is 2.07. The summed E-state index contributed by atoms with van der Waals surface area (Å²) in [7, 11) is 1.93. The third-order valence-electron chi connectivity index (χ3n) is 3.06. The molecule has 0 saturated carbocycles. The predicted molar refractivity (Wildman–Crippen MR) is 77.1 cm³/mol. The van der Waals surface area contributed by atoms with Crippen LogP contribution in [0.1, 0.15) is 16.7 Å². The Kier molecular flexibility index (Phi) is 4.34. The number of nitrogen functional groups attached to an aromatic ring is 1. The van der Waals surface area contributed by atoms with Gasteiger partial charge in [-0.15, -0.1) is 0 Å². The van der Waals surface area contributed by atoms with Gasteiger partial charge in [0.1, 0.15) is 5.82 Å². The van der Waals surface area contributed by atoms with E-state index < -0.39 is 0 Å². The van der Waals surface area contributed by atoms with Crippen molar-refractivity contribution in [2.45, 2.75) is 13.1 Å². The highest BCUT2D eigenvalue weighted by Crippen LogP contribution is 2.14. The van der Waals surface area contributed by atoms with E-state index in [2.05, 4.69) is 6.07 Å². The Morgan fingerprint density at radius 2 is 1.85 bits per heavy atom. The maximum atomic E-state index is 13.3. The first-order valence-corrected chi connectivity index (χ1v) is 6.30. The average Bonchev–Trinajstić information content (AvgIpc) is 2.41. The lowest BCUT2D eigenvalue weighted by Gasteiger charge is -2.17. The summed E-state index contributed by atoms with van der Waals surface area (Å²) in [5.41, 5.74) is 8.71. The lowest BCUT2D eigenvalue weighted by atomic mass is 10.1. The highest BCUT2D eigenvalue weighted by molar-refractivity contribution is 5.40. The van der Waals surface area contributed by atoms with Gasteiger partial charge in [0, 0.05) is 18.8 Å². The molecule has 2 rings (SSSR count). The molecule has 2 N–H and O–H groups in total. The fourth-order valence-corrected chi connectivity index (χ4v) is 2.08. The Morgan fingerprint density at radius 3 is 2.50 bits per heavy atom. The van der Waals surface area contributed by atoms with Crippen LogP contribution in [0.15, 0.2) is 42.5 Å². The van der Waals surface area contributed by atoms with Crippen LogP contribution < -0.4 is 5.73 Å². The monoisotopic (exact) mass is 269 g/mol. The van der Waals surface area contributed by atoms with Crippen molar-refractivity contribution < 1.29 is 4.39 Å². The number of anilines is 1. The Morgan fingerprint density at radius 1 is 1.15 bits per heavy atom. The molecule has 102 valence electrons. The second-order valence-electron chi connectivity index (χ2n) is 4.83. The van der Waals surface area contributed by atoms with Gasteiger partial charge in [0.2, 0.25) is 0 Å². The van der Waals surface area contributed by atoms with Crippen molar-refractivity contribution in [3.05, 3.63) is 65.0 Å². The first-order valence-electron chi connectivity index (χ1n) is 6.30. The summed E-state index contributed by atoms with van der Waals surface area (Å²) in [6.07, 6.45) is 0. The van der Waals surface area contributed by atoms with Crippen molar-refractivity contribution in [3.8, 4) is 6.07 Å². The molecule has 0 aromatic heterocycles. The molecule has 20 heavy (non-hydrogen) atoms. The molecule has 0 atom stereocenters. The smallest absolute Gasteiger partial charge is 0.123 e. The van der Waals surface area contributed by atoms with E-state index in [1.807, 2.05) is 36.2 Å². The van der Waals surface area contributed by atoms with Gasteiger partial charge in [0.25, 0.3) is 0 Å². The largest absolute Gasteiger partial charge is 0.399 e. The second-order valence-corrected chi connectivity index (χ2v) is 4.83. The van der Waals surface area contributed by atoms with Gasteiger partial charge in [-0.2, -0.15) is 5.26 Å². The number of hydrogen-bond donors (Lipinski definition) is 1. The summed E-state index contributed by atoms with van der Waals surface area (Å²) in [5, 5.41) is 9.04. The predicted octanol–water partition coefficient (Wildman–Crippen LogP) is 2.91. The molecule has 0 spiro atoms. The molecule has 4 heteroatoms. The van der Waals surface area contributed by atoms with Gasteiger partial charge >= 0.3 is 0 Å². The Labute approximate surface area is 118 Å². The van der Waals surface area contributed by atoms with E-state index in [9.17, 15) is 4.39 Å². The van der Waals surface area contributed by atoms with Gasteiger partial charge in [-0.05, 0) is 48.5 Å². The summed E-state index contributed by atoms with van der Waals surface area (Å²) >= 11 is 0. The molecule has 2 aromatic rings. The minimum Gasteiger partial charge on any atom is -0.399 e. The van der Waals surface area contributed by atoms with Crippen molar-refractivity contribution in [2.75, 3.05) is 12.8 Å². The van der Waals surface area contributed by atoms with E-state index in [0.717, 1.165) is 11.3 Å². The molecule has 0 bridgehead atoms. The lowest BCUT2D eigenvalue weighted by Crippen LogP contribution is -2.18. The highest BCUT2D eigenvalue weighted by atomic mass is 19.1. The SMILES string of the molecule is CN(Cc1ccc(N)cc1)Cc1cc(F)ccc1C#N. The maximum Gasteiger partial charge on any atom is 0.123 e. The molecule has 0 aliphatic carbocycles.